The van der Waals surface area contributed by atoms with Gasteiger partial charge in [-0.05, 0) is 19.1 Å². The Balaban J connectivity index is 2.37. The highest BCUT2D eigenvalue weighted by Gasteiger charge is 2.14. The van der Waals surface area contributed by atoms with Gasteiger partial charge in [0.2, 0.25) is 11.7 Å². The monoisotopic (exact) mass is 289 g/mol. The van der Waals surface area contributed by atoms with Crippen molar-refractivity contribution in [3.05, 3.63) is 35.8 Å². The molecule has 0 spiro atoms. The molecular formula is C14H15N3O4. The quantitative estimate of drug-likeness (QED) is 0.678. The van der Waals surface area contributed by atoms with E-state index in [1.165, 1.54) is 14.2 Å². The van der Waals surface area contributed by atoms with Crippen LogP contribution < -0.4 is 15.2 Å². The minimum atomic E-state index is -0.636. The van der Waals surface area contributed by atoms with Crippen LogP contribution in [0.25, 0.3) is 0 Å². The number of ether oxygens (including phenoxy) is 3. The molecule has 0 fully saturated rings. The number of aryl methyl sites for hydroxylation is 1. The van der Waals surface area contributed by atoms with Gasteiger partial charge in [-0.3, -0.25) is 0 Å². The molecule has 0 saturated carbocycles. The first kappa shape index (κ1) is 14.6. The number of nitrogens with two attached hydrogens (primary N) is 1. The first-order valence-electron chi connectivity index (χ1n) is 6.09. The molecule has 1 aromatic heterocycles. The molecule has 0 aliphatic carbocycles. The number of aromatic nitrogens is 2. The summed E-state index contributed by atoms with van der Waals surface area (Å²) in [5, 5.41) is 0. The van der Waals surface area contributed by atoms with Crippen molar-refractivity contribution in [1.29, 1.82) is 0 Å². The molecular weight excluding hydrogens is 274 g/mol. The molecule has 1 heterocycles. The van der Waals surface area contributed by atoms with Crippen molar-refractivity contribution in [1.82, 2.24) is 9.97 Å². The zero-order valence-electron chi connectivity index (χ0n) is 11.9. The number of hydrogen-bond acceptors (Lipinski definition) is 7. The summed E-state index contributed by atoms with van der Waals surface area (Å²) in [6.45, 7) is 1.72. The second-order valence-corrected chi connectivity index (χ2v) is 4.18. The van der Waals surface area contributed by atoms with Crippen LogP contribution in [-0.4, -0.2) is 30.2 Å². The fraction of sp³-hybridized carbons (Fsp3) is 0.214. The van der Waals surface area contributed by atoms with Crippen molar-refractivity contribution in [2.45, 2.75) is 6.92 Å². The molecule has 0 saturated heterocycles. The molecule has 0 aliphatic rings. The van der Waals surface area contributed by atoms with Gasteiger partial charge in [0.25, 0.3) is 0 Å². The van der Waals surface area contributed by atoms with E-state index < -0.39 is 5.97 Å². The minimum absolute atomic E-state index is 0.0737. The lowest BCUT2D eigenvalue weighted by Crippen LogP contribution is -2.09. The summed E-state index contributed by atoms with van der Waals surface area (Å²) in [5.74, 6) is 0.386. The van der Waals surface area contributed by atoms with Crippen molar-refractivity contribution >= 4 is 11.7 Å². The number of carbonyl (C=O) groups is 1. The van der Waals surface area contributed by atoms with Crippen LogP contribution in [0.2, 0.25) is 0 Å². The Kier molecular flexibility index (Phi) is 4.22. The molecule has 0 aliphatic heterocycles. The van der Waals surface area contributed by atoms with Gasteiger partial charge in [-0.2, -0.15) is 4.98 Å². The number of benzene rings is 1. The predicted octanol–water partition coefficient (Wildman–Crippen LogP) is 1.95. The Labute approximate surface area is 121 Å². The van der Waals surface area contributed by atoms with E-state index >= 15 is 0 Å². The summed E-state index contributed by atoms with van der Waals surface area (Å²) < 4.78 is 15.4. The van der Waals surface area contributed by atoms with E-state index in [9.17, 15) is 4.79 Å². The van der Waals surface area contributed by atoms with Crippen molar-refractivity contribution in [2.75, 3.05) is 20.0 Å². The van der Waals surface area contributed by atoms with Crippen LogP contribution in [0.5, 0.6) is 17.4 Å². The lowest BCUT2D eigenvalue weighted by atomic mass is 10.3. The third kappa shape index (κ3) is 3.38. The molecule has 0 unspecified atom stereocenters. The molecule has 1 aromatic carbocycles. The molecule has 2 N–H and O–H groups in total. The largest absolute Gasteiger partial charge is 0.493 e. The maximum absolute atomic E-state index is 11.5. The zero-order valence-corrected chi connectivity index (χ0v) is 11.9. The Hall–Kier alpha value is -2.83. The van der Waals surface area contributed by atoms with Crippen LogP contribution in [0.15, 0.2) is 24.3 Å². The Morgan fingerprint density at radius 1 is 1.14 bits per heavy atom. The summed E-state index contributed by atoms with van der Waals surface area (Å²) >= 11 is 0. The van der Waals surface area contributed by atoms with Crippen molar-refractivity contribution in [3.63, 3.8) is 0 Å². The zero-order chi connectivity index (χ0) is 15.4. The highest BCUT2D eigenvalue weighted by molar-refractivity contribution is 5.85. The van der Waals surface area contributed by atoms with Crippen molar-refractivity contribution in [2.24, 2.45) is 0 Å². The lowest BCUT2D eigenvalue weighted by Gasteiger charge is -2.11. The van der Waals surface area contributed by atoms with E-state index in [4.69, 9.17) is 15.2 Å². The molecule has 110 valence electrons. The van der Waals surface area contributed by atoms with Crippen LogP contribution >= 0.6 is 0 Å². The number of anilines is 1. The van der Waals surface area contributed by atoms with E-state index in [0.717, 1.165) is 0 Å². The molecule has 0 amide bonds. The fourth-order valence-corrected chi connectivity index (χ4v) is 1.66. The van der Waals surface area contributed by atoms with Gasteiger partial charge in [-0.25, -0.2) is 9.78 Å². The summed E-state index contributed by atoms with van der Waals surface area (Å²) in [6, 6.07) is 6.57. The van der Waals surface area contributed by atoms with E-state index in [2.05, 4.69) is 14.7 Å². The lowest BCUT2D eigenvalue weighted by molar-refractivity contribution is 0.0585. The minimum Gasteiger partial charge on any atom is -0.493 e. The Morgan fingerprint density at radius 2 is 1.90 bits per heavy atom. The number of nitrogen functional groups attached to an aromatic ring is 1. The average Bonchev–Trinajstić information content (AvgIpc) is 2.46. The van der Waals surface area contributed by atoms with Crippen LogP contribution in [0.3, 0.4) is 0 Å². The summed E-state index contributed by atoms with van der Waals surface area (Å²) in [5.41, 5.74) is 6.81. The van der Waals surface area contributed by atoms with E-state index in [1.807, 2.05) is 0 Å². The number of rotatable bonds is 4. The maximum Gasteiger partial charge on any atom is 0.376 e. The highest BCUT2D eigenvalue weighted by atomic mass is 16.5. The predicted molar refractivity (Wildman–Crippen MR) is 75.6 cm³/mol. The van der Waals surface area contributed by atoms with Gasteiger partial charge in [0.1, 0.15) is 0 Å². The molecule has 0 atom stereocenters. The number of esters is 1. The highest BCUT2D eigenvalue weighted by Crippen LogP contribution is 2.32. The van der Waals surface area contributed by atoms with Crippen LogP contribution in [0, 0.1) is 6.92 Å². The second-order valence-electron chi connectivity index (χ2n) is 4.18. The maximum atomic E-state index is 11.5. The topological polar surface area (TPSA) is 96.6 Å². The number of methoxy groups -OCH3 is 2. The standard InChI is InChI=1S/C14H15N3O4/c1-8-6-12(17-13(16-8)14(18)20-3)21-11-7-9(15)4-5-10(11)19-2/h4-7H,15H2,1-3H3. The van der Waals surface area contributed by atoms with Crippen LogP contribution in [0.4, 0.5) is 5.69 Å². The molecule has 21 heavy (non-hydrogen) atoms. The first-order valence-corrected chi connectivity index (χ1v) is 6.09. The van der Waals surface area contributed by atoms with Gasteiger partial charge in [-0.15, -0.1) is 0 Å². The number of carbonyl (C=O) groups excluding carboxylic acids is 1. The van der Waals surface area contributed by atoms with Crippen molar-refractivity contribution in [3.8, 4) is 17.4 Å². The van der Waals surface area contributed by atoms with Gasteiger partial charge < -0.3 is 19.9 Å². The molecule has 7 nitrogen and oxygen atoms in total. The molecule has 0 radical (unpaired) electrons. The van der Waals surface area contributed by atoms with Gasteiger partial charge in [-0.1, -0.05) is 0 Å². The molecule has 2 rings (SSSR count). The van der Waals surface area contributed by atoms with E-state index in [-0.39, 0.29) is 11.7 Å². The van der Waals surface area contributed by atoms with E-state index in [1.54, 1.807) is 31.2 Å². The van der Waals surface area contributed by atoms with Crippen molar-refractivity contribution < 1.29 is 19.0 Å². The summed E-state index contributed by atoms with van der Waals surface area (Å²) in [7, 11) is 2.78. The average molecular weight is 289 g/mol. The smallest absolute Gasteiger partial charge is 0.376 e. The SMILES string of the molecule is COC(=O)c1nc(C)cc(Oc2cc(N)ccc2OC)n1. The second kappa shape index (κ2) is 6.08. The van der Waals surface area contributed by atoms with Crippen LogP contribution in [-0.2, 0) is 4.74 Å². The van der Waals surface area contributed by atoms with Gasteiger partial charge in [0.15, 0.2) is 11.5 Å². The fourth-order valence-electron chi connectivity index (χ4n) is 1.66. The third-order valence-electron chi connectivity index (χ3n) is 2.60. The van der Waals surface area contributed by atoms with Gasteiger partial charge >= 0.3 is 5.97 Å². The number of nitrogens with zero attached hydrogens (tertiary/aromatic N) is 2. The molecule has 0 bridgehead atoms. The number of hydrogen-bond donors (Lipinski definition) is 1. The first-order chi connectivity index (χ1) is 10.0. The Bertz CT molecular complexity index is 673. The van der Waals surface area contributed by atoms with Gasteiger partial charge in [0, 0.05) is 23.5 Å². The third-order valence-corrected chi connectivity index (χ3v) is 2.60. The van der Waals surface area contributed by atoms with Crippen LogP contribution in [0.1, 0.15) is 16.3 Å². The van der Waals surface area contributed by atoms with E-state index in [0.29, 0.717) is 22.9 Å². The molecule has 7 heteroatoms. The van der Waals surface area contributed by atoms with Gasteiger partial charge in [0.05, 0.1) is 14.2 Å². The molecule has 2 aromatic rings. The summed E-state index contributed by atoms with van der Waals surface area (Å²) in [6.07, 6.45) is 0. The summed E-state index contributed by atoms with van der Waals surface area (Å²) in [4.78, 5) is 19.5. The Morgan fingerprint density at radius 3 is 2.57 bits per heavy atom. The normalized spacial score (nSPS) is 10.0.